The highest BCUT2D eigenvalue weighted by Crippen LogP contribution is 2.26. The van der Waals surface area contributed by atoms with E-state index in [1.807, 2.05) is 0 Å². The molecule has 0 saturated carbocycles. The molecule has 0 aliphatic heterocycles. The highest BCUT2D eigenvalue weighted by Gasteiger charge is 2.21. The van der Waals surface area contributed by atoms with Gasteiger partial charge in [-0.05, 0) is 17.7 Å². The van der Waals surface area contributed by atoms with Gasteiger partial charge in [-0.1, -0.05) is 29.8 Å². The van der Waals surface area contributed by atoms with Gasteiger partial charge in [-0.15, -0.1) is 0 Å². The van der Waals surface area contributed by atoms with Crippen molar-refractivity contribution in [3.63, 3.8) is 0 Å². The maximum atomic E-state index is 12.5. The van der Waals surface area contributed by atoms with Crippen LogP contribution < -0.4 is 5.73 Å². The lowest BCUT2D eigenvalue weighted by molar-refractivity contribution is 0.0537. The van der Waals surface area contributed by atoms with Gasteiger partial charge in [-0.3, -0.25) is 0 Å². The SMILES string of the molecule is NC(=O)OC(Cc1ccccc1Cl)c1ccn(C(F)F)n1. The number of alkyl halides is 2. The lowest BCUT2D eigenvalue weighted by atomic mass is 10.1. The number of benzene rings is 1. The zero-order chi connectivity index (χ0) is 15.4. The van der Waals surface area contributed by atoms with Gasteiger partial charge in [0, 0.05) is 17.6 Å². The molecule has 1 aromatic heterocycles. The smallest absolute Gasteiger partial charge is 0.405 e. The van der Waals surface area contributed by atoms with Crippen molar-refractivity contribution in [2.24, 2.45) is 5.73 Å². The van der Waals surface area contributed by atoms with E-state index < -0.39 is 18.7 Å². The first-order valence-corrected chi connectivity index (χ1v) is 6.38. The van der Waals surface area contributed by atoms with Crippen LogP contribution >= 0.6 is 11.6 Å². The third-order valence-corrected chi connectivity index (χ3v) is 3.15. The Bertz CT molecular complexity index is 633. The number of nitrogens with two attached hydrogens (primary N) is 1. The molecule has 0 saturated heterocycles. The van der Waals surface area contributed by atoms with E-state index in [4.69, 9.17) is 22.1 Å². The second-order valence-electron chi connectivity index (χ2n) is 4.22. The fraction of sp³-hybridized carbons (Fsp3) is 0.231. The number of hydrogen-bond donors (Lipinski definition) is 1. The van der Waals surface area contributed by atoms with Crippen LogP contribution in [0.3, 0.4) is 0 Å². The number of rotatable bonds is 5. The Morgan fingerprint density at radius 3 is 2.67 bits per heavy atom. The molecule has 0 aliphatic rings. The lowest BCUT2D eigenvalue weighted by Gasteiger charge is -2.15. The standard InChI is InChI=1S/C13H12ClF2N3O2/c14-9-4-2-1-3-8(9)7-11(21-13(17)20)10-5-6-19(18-10)12(15)16/h1-6,11-12H,7H2,(H2,17,20). The van der Waals surface area contributed by atoms with Crippen molar-refractivity contribution in [3.05, 3.63) is 52.8 Å². The average Bonchev–Trinajstić information content (AvgIpc) is 2.90. The van der Waals surface area contributed by atoms with E-state index in [1.54, 1.807) is 24.3 Å². The number of hydrogen-bond acceptors (Lipinski definition) is 3. The second kappa shape index (κ2) is 6.53. The first-order chi connectivity index (χ1) is 9.97. The van der Waals surface area contributed by atoms with Crippen molar-refractivity contribution in [1.29, 1.82) is 0 Å². The van der Waals surface area contributed by atoms with E-state index in [1.165, 1.54) is 6.07 Å². The predicted octanol–water partition coefficient (Wildman–Crippen LogP) is 3.31. The maximum absolute atomic E-state index is 12.5. The quantitative estimate of drug-likeness (QED) is 0.920. The molecular weight excluding hydrogens is 304 g/mol. The number of amides is 1. The average molecular weight is 316 g/mol. The lowest BCUT2D eigenvalue weighted by Crippen LogP contribution is -2.19. The van der Waals surface area contributed by atoms with Gasteiger partial charge in [0.1, 0.15) is 5.69 Å². The largest absolute Gasteiger partial charge is 0.439 e. The molecule has 1 heterocycles. The molecule has 21 heavy (non-hydrogen) atoms. The molecule has 1 amide bonds. The summed E-state index contributed by atoms with van der Waals surface area (Å²) in [6.45, 7) is -2.77. The zero-order valence-electron chi connectivity index (χ0n) is 10.7. The summed E-state index contributed by atoms with van der Waals surface area (Å²) in [6.07, 6.45) is -0.617. The van der Waals surface area contributed by atoms with Crippen molar-refractivity contribution in [2.75, 3.05) is 0 Å². The summed E-state index contributed by atoms with van der Waals surface area (Å²) in [7, 11) is 0. The Morgan fingerprint density at radius 2 is 2.10 bits per heavy atom. The molecule has 2 rings (SSSR count). The summed E-state index contributed by atoms with van der Waals surface area (Å²) in [6, 6.07) is 8.28. The van der Waals surface area contributed by atoms with E-state index in [0.29, 0.717) is 15.3 Å². The molecule has 8 heteroatoms. The summed E-state index contributed by atoms with van der Waals surface area (Å²) in [5, 5.41) is 4.16. The summed E-state index contributed by atoms with van der Waals surface area (Å²) in [5.74, 6) is 0. The molecule has 112 valence electrons. The normalized spacial score (nSPS) is 12.4. The molecular formula is C13H12ClF2N3O2. The minimum absolute atomic E-state index is 0.175. The minimum Gasteiger partial charge on any atom is -0.439 e. The summed E-state index contributed by atoms with van der Waals surface area (Å²) >= 11 is 6.03. The molecule has 0 spiro atoms. The van der Waals surface area contributed by atoms with Gasteiger partial charge in [0.05, 0.1) is 0 Å². The maximum Gasteiger partial charge on any atom is 0.405 e. The summed E-state index contributed by atoms with van der Waals surface area (Å²) in [5.41, 5.74) is 5.88. The number of halogens is 3. The fourth-order valence-electron chi connectivity index (χ4n) is 1.84. The number of nitrogens with zero attached hydrogens (tertiary/aromatic N) is 2. The van der Waals surface area contributed by atoms with Gasteiger partial charge in [0.2, 0.25) is 0 Å². The number of carbonyl (C=O) groups excluding carboxylic acids is 1. The van der Waals surface area contributed by atoms with E-state index in [9.17, 15) is 13.6 Å². The Morgan fingerprint density at radius 1 is 1.38 bits per heavy atom. The number of carbonyl (C=O) groups is 1. The van der Waals surface area contributed by atoms with E-state index in [-0.39, 0.29) is 12.1 Å². The molecule has 0 fully saturated rings. The molecule has 0 bridgehead atoms. The predicted molar refractivity (Wildman–Crippen MR) is 72.0 cm³/mol. The van der Waals surface area contributed by atoms with Gasteiger partial charge in [0.15, 0.2) is 6.10 Å². The second-order valence-corrected chi connectivity index (χ2v) is 4.63. The van der Waals surface area contributed by atoms with Crippen molar-refractivity contribution in [2.45, 2.75) is 19.1 Å². The van der Waals surface area contributed by atoms with Crippen molar-refractivity contribution in [3.8, 4) is 0 Å². The monoisotopic (exact) mass is 315 g/mol. The van der Waals surface area contributed by atoms with Crippen LogP contribution in [0.4, 0.5) is 13.6 Å². The van der Waals surface area contributed by atoms with Gasteiger partial charge in [-0.25, -0.2) is 9.48 Å². The highest BCUT2D eigenvalue weighted by atomic mass is 35.5. The van der Waals surface area contributed by atoms with Gasteiger partial charge < -0.3 is 10.5 Å². The molecule has 2 aromatic rings. The molecule has 1 unspecified atom stereocenters. The van der Waals surface area contributed by atoms with Gasteiger partial charge in [0.25, 0.3) is 0 Å². The van der Waals surface area contributed by atoms with Crippen LogP contribution in [0.25, 0.3) is 0 Å². The number of primary amides is 1. The van der Waals surface area contributed by atoms with Crippen LogP contribution in [0.15, 0.2) is 36.5 Å². The van der Waals surface area contributed by atoms with Crippen molar-refractivity contribution in [1.82, 2.24) is 9.78 Å². The number of aromatic nitrogens is 2. The fourth-order valence-corrected chi connectivity index (χ4v) is 2.06. The molecule has 0 radical (unpaired) electrons. The molecule has 1 atom stereocenters. The van der Waals surface area contributed by atoms with Crippen LogP contribution in [-0.2, 0) is 11.2 Å². The Kier molecular flexibility index (Phi) is 4.74. The molecule has 5 nitrogen and oxygen atoms in total. The van der Waals surface area contributed by atoms with Crippen LogP contribution in [0.1, 0.15) is 23.9 Å². The topological polar surface area (TPSA) is 70.1 Å². The van der Waals surface area contributed by atoms with Gasteiger partial charge in [-0.2, -0.15) is 13.9 Å². The minimum atomic E-state index is -2.77. The Labute approximate surface area is 124 Å². The van der Waals surface area contributed by atoms with Crippen molar-refractivity contribution >= 4 is 17.7 Å². The molecule has 2 N–H and O–H groups in total. The van der Waals surface area contributed by atoms with Crippen LogP contribution in [0.2, 0.25) is 5.02 Å². The van der Waals surface area contributed by atoms with E-state index >= 15 is 0 Å². The zero-order valence-corrected chi connectivity index (χ0v) is 11.5. The Balaban J connectivity index is 2.25. The summed E-state index contributed by atoms with van der Waals surface area (Å²) in [4.78, 5) is 11.0. The van der Waals surface area contributed by atoms with Crippen molar-refractivity contribution < 1.29 is 18.3 Å². The third kappa shape index (κ3) is 3.91. The van der Waals surface area contributed by atoms with Crippen LogP contribution in [-0.4, -0.2) is 15.9 Å². The Hall–Kier alpha value is -2.15. The van der Waals surface area contributed by atoms with E-state index in [0.717, 1.165) is 6.20 Å². The van der Waals surface area contributed by atoms with E-state index in [2.05, 4.69) is 5.10 Å². The first kappa shape index (κ1) is 15.2. The summed E-state index contributed by atoms with van der Waals surface area (Å²) < 4.78 is 30.5. The first-order valence-electron chi connectivity index (χ1n) is 6.00. The molecule has 1 aromatic carbocycles. The third-order valence-electron chi connectivity index (χ3n) is 2.78. The highest BCUT2D eigenvalue weighted by molar-refractivity contribution is 6.31. The van der Waals surface area contributed by atoms with Crippen LogP contribution in [0.5, 0.6) is 0 Å². The number of ether oxygens (including phenoxy) is 1. The van der Waals surface area contributed by atoms with Crippen LogP contribution in [0, 0.1) is 0 Å². The molecule has 0 aliphatic carbocycles. The van der Waals surface area contributed by atoms with Gasteiger partial charge >= 0.3 is 12.6 Å².